The standard InChI is InChI=1S/C22H31N5O2S/c1-22(2,3)16-12-10-15(11-13-16)19-25-26-21(27(19)4)30-14-18(28)24-20(29)23-17-8-6-5-7-9-17/h10-13,17H,5-9,14H2,1-4H3,(H2,23,24,28,29). The number of nitrogens with zero attached hydrogens (tertiary/aromatic N) is 3. The number of thioether (sulfide) groups is 1. The summed E-state index contributed by atoms with van der Waals surface area (Å²) in [6.07, 6.45) is 5.43. The molecule has 3 amide bonds. The molecular weight excluding hydrogens is 398 g/mol. The minimum atomic E-state index is -0.412. The number of benzene rings is 1. The molecule has 1 heterocycles. The summed E-state index contributed by atoms with van der Waals surface area (Å²) < 4.78 is 1.87. The van der Waals surface area contributed by atoms with Gasteiger partial charge in [-0.1, -0.05) is 76.1 Å². The summed E-state index contributed by atoms with van der Waals surface area (Å²) in [5, 5.41) is 14.4. The van der Waals surface area contributed by atoms with Gasteiger partial charge < -0.3 is 9.88 Å². The van der Waals surface area contributed by atoms with Gasteiger partial charge in [0.2, 0.25) is 5.91 Å². The number of carbonyl (C=O) groups excluding carboxylic acids is 2. The van der Waals surface area contributed by atoms with Crippen molar-refractivity contribution in [2.45, 2.75) is 69.5 Å². The van der Waals surface area contributed by atoms with Gasteiger partial charge in [-0.25, -0.2) is 4.79 Å². The lowest BCUT2D eigenvalue weighted by Gasteiger charge is -2.22. The second kappa shape index (κ2) is 9.64. The third-order valence-electron chi connectivity index (χ3n) is 5.37. The van der Waals surface area contributed by atoms with Crippen LogP contribution in [-0.4, -0.2) is 38.5 Å². The zero-order chi connectivity index (χ0) is 21.7. The Bertz CT molecular complexity index is 880. The van der Waals surface area contributed by atoms with Gasteiger partial charge in [-0.05, 0) is 23.8 Å². The van der Waals surface area contributed by atoms with E-state index in [1.54, 1.807) is 0 Å². The zero-order valence-corrected chi connectivity index (χ0v) is 19.0. The van der Waals surface area contributed by atoms with E-state index in [1.807, 2.05) is 23.7 Å². The maximum Gasteiger partial charge on any atom is 0.321 e. The molecule has 2 N–H and O–H groups in total. The molecule has 0 saturated heterocycles. The van der Waals surface area contributed by atoms with Gasteiger partial charge in [0, 0.05) is 18.7 Å². The van der Waals surface area contributed by atoms with E-state index in [1.165, 1.54) is 23.7 Å². The van der Waals surface area contributed by atoms with E-state index in [4.69, 9.17) is 0 Å². The molecule has 162 valence electrons. The smallest absolute Gasteiger partial charge is 0.321 e. The van der Waals surface area contributed by atoms with Crippen molar-refractivity contribution in [1.82, 2.24) is 25.4 Å². The Balaban J connectivity index is 1.53. The van der Waals surface area contributed by atoms with Crippen molar-refractivity contribution in [3.63, 3.8) is 0 Å². The highest BCUT2D eigenvalue weighted by Crippen LogP contribution is 2.27. The molecule has 8 heteroatoms. The third kappa shape index (κ3) is 5.84. The third-order valence-corrected chi connectivity index (χ3v) is 6.39. The van der Waals surface area contributed by atoms with E-state index < -0.39 is 6.03 Å². The SMILES string of the molecule is Cn1c(SCC(=O)NC(=O)NC2CCCCC2)nnc1-c1ccc(C(C)(C)C)cc1. The molecule has 0 radical (unpaired) electrons. The van der Waals surface area contributed by atoms with Crippen molar-refractivity contribution in [3.05, 3.63) is 29.8 Å². The van der Waals surface area contributed by atoms with Crippen molar-refractivity contribution in [2.75, 3.05) is 5.75 Å². The van der Waals surface area contributed by atoms with Crippen LogP contribution in [0.15, 0.2) is 29.4 Å². The maximum atomic E-state index is 12.1. The van der Waals surface area contributed by atoms with Gasteiger partial charge in [-0.3, -0.25) is 10.1 Å². The van der Waals surface area contributed by atoms with Crippen LogP contribution in [0.5, 0.6) is 0 Å². The van der Waals surface area contributed by atoms with E-state index in [2.05, 4.69) is 53.7 Å². The van der Waals surface area contributed by atoms with E-state index in [9.17, 15) is 9.59 Å². The molecule has 30 heavy (non-hydrogen) atoms. The molecule has 1 fully saturated rings. The molecule has 2 aromatic rings. The van der Waals surface area contributed by atoms with Crippen LogP contribution >= 0.6 is 11.8 Å². The molecule has 0 atom stereocenters. The lowest BCUT2D eigenvalue weighted by Crippen LogP contribution is -2.45. The van der Waals surface area contributed by atoms with Gasteiger partial charge >= 0.3 is 6.03 Å². The number of aromatic nitrogens is 3. The first kappa shape index (κ1) is 22.3. The van der Waals surface area contributed by atoms with Crippen molar-refractivity contribution < 1.29 is 9.59 Å². The van der Waals surface area contributed by atoms with Crippen molar-refractivity contribution in [3.8, 4) is 11.4 Å². The number of hydrogen-bond acceptors (Lipinski definition) is 5. The summed E-state index contributed by atoms with van der Waals surface area (Å²) >= 11 is 1.26. The summed E-state index contributed by atoms with van der Waals surface area (Å²) in [5.41, 5.74) is 2.32. The molecule has 0 aliphatic heterocycles. The average molecular weight is 430 g/mol. The van der Waals surface area contributed by atoms with E-state index in [0.717, 1.165) is 37.1 Å². The highest BCUT2D eigenvalue weighted by atomic mass is 32.2. The van der Waals surface area contributed by atoms with Crippen LogP contribution in [0.3, 0.4) is 0 Å². The molecular formula is C22H31N5O2S. The quantitative estimate of drug-likeness (QED) is 0.701. The first-order valence-corrected chi connectivity index (χ1v) is 11.5. The highest BCUT2D eigenvalue weighted by Gasteiger charge is 2.19. The van der Waals surface area contributed by atoms with E-state index in [-0.39, 0.29) is 23.1 Å². The Hall–Kier alpha value is -2.35. The lowest BCUT2D eigenvalue weighted by atomic mass is 9.87. The molecule has 1 aliphatic rings. The topological polar surface area (TPSA) is 88.9 Å². The number of urea groups is 1. The molecule has 1 aromatic heterocycles. The maximum absolute atomic E-state index is 12.1. The van der Waals surface area contributed by atoms with Gasteiger partial charge in [0.15, 0.2) is 11.0 Å². The van der Waals surface area contributed by atoms with Gasteiger partial charge in [0.1, 0.15) is 0 Å². The molecule has 3 rings (SSSR count). The predicted octanol–water partition coefficient (Wildman–Crippen LogP) is 4.03. The Morgan fingerprint density at radius 2 is 1.77 bits per heavy atom. The zero-order valence-electron chi connectivity index (χ0n) is 18.2. The molecule has 1 saturated carbocycles. The van der Waals surface area contributed by atoms with E-state index in [0.29, 0.717) is 5.16 Å². The van der Waals surface area contributed by atoms with Crippen LogP contribution in [0.4, 0.5) is 4.79 Å². The van der Waals surface area contributed by atoms with Crippen LogP contribution in [-0.2, 0) is 17.3 Å². The molecule has 0 bridgehead atoms. The summed E-state index contributed by atoms with van der Waals surface area (Å²) in [7, 11) is 1.88. The molecule has 1 aliphatic carbocycles. The highest BCUT2D eigenvalue weighted by molar-refractivity contribution is 7.99. The molecule has 7 nitrogen and oxygen atoms in total. The first-order valence-electron chi connectivity index (χ1n) is 10.5. The van der Waals surface area contributed by atoms with Gasteiger partial charge in [-0.2, -0.15) is 0 Å². The first-order chi connectivity index (χ1) is 14.2. The Kier molecular flexibility index (Phi) is 7.18. The molecule has 1 aromatic carbocycles. The summed E-state index contributed by atoms with van der Waals surface area (Å²) in [6, 6.07) is 8.06. The van der Waals surface area contributed by atoms with Crippen molar-refractivity contribution in [2.24, 2.45) is 7.05 Å². The Labute approximate surface area is 182 Å². The Morgan fingerprint density at radius 1 is 1.10 bits per heavy atom. The van der Waals surface area contributed by atoms with E-state index >= 15 is 0 Å². The summed E-state index contributed by atoms with van der Waals surface area (Å²) in [4.78, 5) is 24.1. The normalized spacial score (nSPS) is 15.1. The number of amides is 3. The average Bonchev–Trinajstić information content (AvgIpc) is 3.07. The number of rotatable bonds is 5. The number of carbonyl (C=O) groups is 2. The fourth-order valence-corrected chi connectivity index (χ4v) is 4.28. The van der Waals surface area contributed by atoms with Gasteiger partial charge in [-0.15, -0.1) is 10.2 Å². The molecule has 0 spiro atoms. The second-order valence-corrected chi connectivity index (χ2v) is 9.78. The number of hydrogen-bond donors (Lipinski definition) is 2. The van der Waals surface area contributed by atoms with Crippen LogP contribution in [0.25, 0.3) is 11.4 Å². The summed E-state index contributed by atoms with van der Waals surface area (Å²) in [6.45, 7) is 6.54. The van der Waals surface area contributed by atoms with Crippen LogP contribution < -0.4 is 10.6 Å². The second-order valence-electron chi connectivity index (χ2n) is 8.84. The Morgan fingerprint density at radius 3 is 2.40 bits per heavy atom. The number of nitrogens with one attached hydrogen (secondary N) is 2. The van der Waals surface area contributed by atoms with Gasteiger partial charge in [0.05, 0.1) is 5.75 Å². The van der Waals surface area contributed by atoms with Crippen molar-refractivity contribution >= 4 is 23.7 Å². The molecule has 0 unspecified atom stereocenters. The lowest BCUT2D eigenvalue weighted by molar-refractivity contribution is -0.117. The number of imide groups is 1. The minimum Gasteiger partial charge on any atom is -0.335 e. The van der Waals surface area contributed by atoms with Crippen LogP contribution in [0.1, 0.15) is 58.4 Å². The van der Waals surface area contributed by atoms with Crippen LogP contribution in [0.2, 0.25) is 0 Å². The largest absolute Gasteiger partial charge is 0.335 e. The van der Waals surface area contributed by atoms with Crippen molar-refractivity contribution in [1.29, 1.82) is 0 Å². The monoisotopic (exact) mass is 429 g/mol. The van der Waals surface area contributed by atoms with Gasteiger partial charge in [0.25, 0.3) is 0 Å². The minimum absolute atomic E-state index is 0.0933. The summed E-state index contributed by atoms with van der Waals surface area (Å²) in [5.74, 6) is 0.508. The fourth-order valence-electron chi connectivity index (χ4n) is 3.57. The fraction of sp³-hybridized carbons (Fsp3) is 0.545. The predicted molar refractivity (Wildman–Crippen MR) is 119 cm³/mol. The van der Waals surface area contributed by atoms with Crippen LogP contribution in [0, 0.1) is 0 Å².